The highest BCUT2D eigenvalue weighted by Gasteiger charge is 2.28. The number of hydrogen-bond acceptors (Lipinski definition) is 3. The SMILES string of the molecule is CCC(C)c1ccccc1NC(=O)C(C)N1CCN(C(=O)C(C)C)CC1. The van der Waals surface area contributed by atoms with E-state index in [1.807, 2.05) is 43.9 Å². The lowest BCUT2D eigenvalue weighted by molar-refractivity contribution is -0.136. The van der Waals surface area contributed by atoms with Crippen LogP contribution in [-0.4, -0.2) is 53.8 Å². The molecule has 1 N–H and O–H groups in total. The van der Waals surface area contributed by atoms with Crippen LogP contribution in [0.3, 0.4) is 0 Å². The molecule has 1 aliphatic rings. The largest absolute Gasteiger partial charge is 0.340 e. The zero-order valence-corrected chi connectivity index (χ0v) is 16.8. The van der Waals surface area contributed by atoms with Crippen LogP contribution in [0.25, 0.3) is 0 Å². The molecule has 0 saturated carbocycles. The first kappa shape index (κ1) is 20.4. The molecule has 0 spiro atoms. The van der Waals surface area contributed by atoms with Crippen LogP contribution in [0.1, 0.15) is 52.5 Å². The number of carbonyl (C=O) groups is 2. The summed E-state index contributed by atoms with van der Waals surface area (Å²) >= 11 is 0. The third-order valence-electron chi connectivity index (χ3n) is 5.41. The maximum absolute atomic E-state index is 12.8. The van der Waals surface area contributed by atoms with E-state index < -0.39 is 0 Å². The van der Waals surface area contributed by atoms with E-state index in [1.54, 1.807) is 0 Å². The van der Waals surface area contributed by atoms with Crippen LogP contribution in [0.5, 0.6) is 0 Å². The van der Waals surface area contributed by atoms with Gasteiger partial charge in [-0.3, -0.25) is 14.5 Å². The summed E-state index contributed by atoms with van der Waals surface area (Å²) in [7, 11) is 0. The van der Waals surface area contributed by atoms with Gasteiger partial charge in [-0.25, -0.2) is 0 Å². The molecule has 0 aromatic heterocycles. The van der Waals surface area contributed by atoms with Crippen molar-refractivity contribution in [3.8, 4) is 0 Å². The van der Waals surface area contributed by atoms with E-state index in [-0.39, 0.29) is 23.8 Å². The highest BCUT2D eigenvalue weighted by molar-refractivity contribution is 5.95. The number of nitrogens with one attached hydrogen (secondary N) is 1. The number of rotatable bonds is 6. The molecule has 1 heterocycles. The van der Waals surface area contributed by atoms with Crippen LogP contribution in [0.4, 0.5) is 5.69 Å². The van der Waals surface area contributed by atoms with Crippen molar-refractivity contribution in [1.82, 2.24) is 9.80 Å². The molecule has 2 rings (SSSR count). The number of carbonyl (C=O) groups excluding carboxylic acids is 2. The van der Waals surface area contributed by atoms with Crippen LogP contribution < -0.4 is 5.32 Å². The number of para-hydroxylation sites is 1. The predicted molar refractivity (Wildman–Crippen MR) is 106 cm³/mol. The minimum atomic E-state index is -0.212. The minimum absolute atomic E-state index is 0.0180. The van der Waals surface area contributed by atoms with Gasteiger partial charge in [-0.15, -0.1) is 0 Å². The van der Waals surface area contributed by atoms with E-state index in [9.17, 15) is 9.59 Å². The first-order chi connectivity index (χ1) is 12.3. The van der Waals surface area contributed by atoms with Crippen molar-refractivity contribution in [1.29, 1.82) is 0 Å². The van der Waals surface area contributed by atoms with Crippen LogP contribution >= 0.6 is 0 Å². The summed E-state index contributed by atoms with van der Waals surface area (Å²) in [6.45, 7) is 13.0. The second kappa shape index (κ2) is 9.17. The molecule has 1 aliphatic heterocycles. The predicted octanol–water partition coefficient (Wildman–Crippen LogP) is 3.33. The standard InChI is InChI=1S/C21H33N3O2/c1-6-16(4)18-9-7-8-10-19(18)22-20(25)17(5)23-11-13-24(14-12-23)21(26)15(2)3/h7-10,15-17H,6,11-14H2,1-5H3,(H,22,25). The number of nitrogens with zero attached hydrogens (tertiary/aromatic N) is 2. The lowest BCUT2D eigenvalue weighted by Crippen LogP contribution is -2.54. The maximum atomic E-state index is 12.8. The second-order valence-electron chi connectivity index (χ2n) is 7.58. The summed E-state index contributed by atoms with van der Waals surface area (Å²) in [6.07, 6.45) is 1.04. The Morgan fingerprint density at radius 3 is 2.23 bits per heavy atom. The van der Waals surface area contributed by atoms with Gasteiger partial charge in [0, 0.05) is 37.8 Å². The summed E-state index contributed by atoms with van der Waals surface area (Å²) in [5, 5.41) is 3.11. The van der Waals surface area contributed by atoms with Gasteiger partial charge in [0.15, 0.2) is 0 Å². The van der Waals surface area contributed by atoms with Crippen LogP contribution in [-0.2, 0) is 9.59 Å². The van der Waals surface area contributed by atoms with E-state index in [1.165, 1.54) is 5.56 Å². The molecule has 5 nitrogen and oxygen atoms in total. The summed E-state index contributed by atoms with van der Waals surface area (Å²) in [5.74, 6) is 0.653. The van der Waals surface area contributed by atoms with E-state index >= 15 is 0 Å². The van der Waals surface area contributed by atoms with Gasteiger partial charge in [-0.05, 0) is 30.9 Å². The Labute approximate surface area is 157 Å². The van der Waals surface area contributed by atoms with Crippen molar-refractivity contribution in [2.45, 2.75) is 53.0 Å². The smallest absolute Gasteiger partial charge is 0.241 e. The Kier molecular flexibility index (Phi) is 7.21. The number of benzene rings is 1. The average molecular weight is 360 g/mol. The summed E-state index contributed by atoms with van der Waals surface area (Å²) in [4.78, 5) is 28.9. The molecular formula is C21H33N3O2. The zero-order chi connectivity index (χ0) is 19.3. The first-order valence-corrected chi connectivity index (χ1v) is 9.77. The highest BCUT2D eigenvalue weighted by atomic mass is 16.2. The van der Waals surface area contributed by atoms with Gasteiger partial charge in [-0.1, -0.05) is 45.9 Å². The number of hydrogen-bond donors (Lipinski definition) is 1. The highest BCUT2D eigenvalue weighted by Crippen LogP contribution is 2.26. The molecule has 1 saturated heterocycles. The molecule has 26 heavy (non-hydrogen) atoms. The quantitative estimate of drug-likeness (QED) is 0.848. The number of anilines is 1. The molecular weight excluding hydrogens is 326 g/mol. The van der Waals surface area contributed by atoms with Gasteiger partial charge in [0.25, 0.3) is 0 Å². The Hall–Kier alpha value is -1.88. The third kappa shape index (κ3) is 4.85. The fourth-order valence-electron chi connectivity index (χ4n) is 3.36. The second-order valence-corrected chi connectivity index (χ2v) is 7.58. The molecule has 0 radical (unpaired) electrons. The van der Waals surface area contributed by atoms with E-state index in [0.717, 1.165) is 25.2 Å². The molecule has 0 aliphatic carbocycles. The van der Waals surface area contributed by atoms with Gasteiger partial charge < -0.3 is 10.2 Å². The third-order valence-corrected chi connectivity index (χ3v) is 5.41. The minimum Gasteiger partial charge on any atom is -0.340 e. The summed E-state index contributed by atoms with van der Waals surface area (Å²) in [6, 6.07) is 7.83. The van der Waals surface area contributed by atoms with Crippen molar-refractivity contribution in [3.05, 3.63) is 29.8 Å². The fraction of sp³-hybridized carbons (Fsp3) is 0.619. The average Bonchev–Trinajstić information content (AvgIpc) is 2.66. The Balaban J connectivity index is 1.96. The monoisotopic (exact) mass is 359 g/mol. The normalized spacial score (nSPS) is 17.8. The molecule has 1 aromatic rings. The molecule has 2 atom stereocenters. The molecule has 1 aromatic carbocycles. The van der Waals surface area contributed by atoms with E-state index in [2.05, 4.69) is 30.1 Å². The van der Waals surface area contributed by atoms with E-state index in [0.29, 0.717) is 19.0 Å². The summed E-state index contributed by atoms with van der Waals surface area (Å²) < 4.78 is 0. The van der Waals surface area contributed by atoms with Gasteiger partial charge in [0.2, 0.25) is 11.8 Å². The van der Waals surface area contributed by atoms with Crippen molar-refractivity contribution in [2.75, 3.05) is 31.5 Å². The first-order valence-electron chi connectivity index (χ1n) is 9.77. The fourth-order valence-corrected chi connectivity index (χ4v) is 3.36. The molecule has 5 heteroatoms. The molecule has 0 bridgehead atoms. The van der Waals surface area contributed by atoms with Gasteiger partial charge in [0.05, 0.1) is 6.04 Å². The number of piperazine rings is 1. The molecule has 2 amide bonds. The van der Waals surface area contributed by atoms with Crippen LogP contribution in [0.15, 0.2) is 24.3 Å². The molecule has 144 valence electrons. The lowest BCUT2D eigenvalue weighted by atomic mass is 9.97. The Bertz CT molecular complexity index is 621. The Morgan fingerprint density at radius 1 is 1.04 bits per heavy atom. The maximum Gasteiger partial charge on any atom is 0.241 e. The van der Waals surface area contributed by atoms with Gasteiger partial charge in [-0.2, -0.15) is 0 Å². The van der Waals surface area contributed by atoms with Crippen molar-refractivity contribution in [2.24, 2.45) is 5.92 Å². The zero-order valence-electron chi connectivity index (χ0n) is 16.8. The lowest BCUT2D eigenvalue weighted by Gasteiger charge is -2.38. The van der Waals surface area contributed by atoms with E-state index in [4.69, 9.17) is 0 Å². The van der Waals surface area contributed by atoms with Gasteiger partial charge in [0.1, 0.15) is 0 Å². The molecule has 2 unspecified atom stereocenters. The van der Waals surface area contributed by atoms with Crippen molar-refractivity contribution in [3.63, 3.8) is 0 Å². The number of amides is 2. The van der Waals surface area contributed by atoms with Crippen LogP contribution in [0, 0.1) is 5.92 Å². The van der Waals surface area contributed by atoms with Crippen molar-refractivity contribution >= 4 is 17.5 Å². The van der Waals surface area contributed by atoms with Gasteiger partial charge >= 0.3 is 0 Å². The topological polar surface area (TPSA) is 52.7 Å². The van der Waals surface area contributed by atoms with Crippen LogP contribution in [0.2, 0.25) is 0 Å². The van der Waals surface area contributed by atoms with Crippen molar-refractivity contribution < 1.29 is 9.59 Å². The molecule has 1 fully saturated rings. The summed E-state index contributed by atoms with van der Waals surface area (Å²) in [5.41, 5.74) is 2.09. The Morgan fingerprint density at radius 2 is 1.65 bits per heavy atom.